The van der Waals surface area contributed by atoms with E-state index in [0.717, 1.165) is 11.6 Å². The van der Waals surface area contributed by atoms with E-state index in [1.807, 2.05) is 0 Å². The number of nitro benzene ring substituents is 1. The van der Waals surface area contributed by atoms with Crippen LogP contribution >= 0.6 is 0 Å². The molecule has 0 aliphatic carbocycles. The normalized spacial score (nSPS) is 13.2. The van der Waals surface area contributed by atoms with Gasteiger partial charge in [0.1, 0.15) is 0 Å². The van der Waals surface area contributed by atoms with Gasteiger partial charge in [-0.25, -0.2) is 8.42 Å². The Morgan fingerprint density at radius 1 is 1.14 bits per heavy atom. The van der Waals surface area contributed by atoms with Crippen LogP contribution < -0.4 is 9.62 Å². The maximum atomic E-state index is 12.6. The molecule has 1 amide bonds. The summed E-state index contributed by atoms with van der Waals surface area (Å²) in [5, 5.41) is 10.9. The lowest BCUT2D eigenvalue weighted by Crippen LogP contribution is -2.28. The van der Waals surface area contributed by atoms with Gasteiger partial charge in [0.2, 0.25) is 0 Å². The molecule has 148 valence electrons. The molecule has 0 fully saturated rings. The number of carbonyl (C=O) groups excluding carboxylic acids is 1. The second-order valence-corrected chi connectivity index (χ2v) is 8.07. The van der Waals surface area contributed by atoms with Gasteiger partial charge in [-0.15, -0.1) is 0 Å². The molecule has 4 rings (SSSR count). The SMILES string of the molecule is O=C(c1ccco1)N1CCc2cc(NS(=O)(=O)c3cccc([N+](=O)[O-])c3)ccc21. The minimum atomic E-state index is -4.00. The number of benzene rings is 2. The van der Waals surface area contributed by atoms with Crippen LogP contribution in [-0.4, -0.2) is 25.8 Å². The number of nitro groups is 1. The lowest BCUT2D eigenvalue weighted by atomic mass is 10.1. The molecule has 3 aromatic rings. The van der Waals surface area contributed by atoms with Crippen LogP contribution in [0, 0.1) is 10.1 Å². The number of nitrogens with one attached hydrogen (secondary N) is 1. The highest BCUT2D eigenvalue weighted by Crippen LogP contribution is 2.32. The summed E-state index contributed by atoms with van der Waals surface area (Å²) >= 11 is 0. The van der Waals surface area contributed by atoms with Crippen molar-refractivity contribution in [1.82, 2.24) is 0 Å². The minimum Gasteiger partial charge on any atom is -0.459 e. The molecule has 1 aliphatic rings. The van der Waals surface area contributed by atoms with Crippen LogP contribution in [0.4, 0.5) is 17.1 Å². The molecule has 10 heteroatoms. The Morgan fingerprint density at radius 2 is 1.97 bits per heavy atom. The smallest absolute Gasteiger partial charge is 0.293 e. The van der Waals surface area contributed by atoms with Gasteiger partial charge in [-0.2, -0.15) is 0 Å². The van der Waals surface area contributed by atoms with Crippen molar-refractivity contribution in [1.29, 1.82) is 0 Å². The summed E-state index contributed by atoms with van der Waals surface area (Å²) in [5.41, 5.74) is 1.49. The van der Waals surface area contributed by atoms with E-state index in [4.69, 9.17) is 4.42 Å². The monoisotopic (exact) mass is 413 g/mol. The lowest BCUT2D eigenvalue weighted by Gasteiger charge is -2.16. The van der Waals surface area contributed by atoms with Crippen LogP contribution in [0.15, 0.2) is 70.2 Å². The second kappa shape index (κ2) is 7.06. The molecule has 0 radical (unpaired) electrons. The molecule has 2 heterocycles. The summed E-state index contributed by atoms with van der Waals surface area (Å²) in [6, 6.07) is 12.9. The Hall–Kier alpha value is -3.66. The van der Waals surface area contributed by atoms with E-state index < -0.39 is 14.9 Å². The van der Waals surface area contributed by atoms with Crippen LogP contribution in [0.5, 0.6) is 0 Å². The fraction of sp³-hybridized carbons (Fsp3) is 0.105. The minimum absolute atomic E-state index is 0.207. The number of amides is 1. The zero-order valence-corrected chi connectivity index (χ0v) is 15.8. The summed E-state index contributed by atoms with van der Waals surface area (Å²) in [6.45, 7) is 0.454. The van der Waals surface area contributed by atoms with E-state index in [-0.39, 0.29) is 22.3 Å². The average molecular weight is 413 g/mol. The first kappa shape index (κ1) is 18.7. The zero-order valence-electron chi connectivity index (χ0n) is 14.9. The maximum Gasteiger partial charge on any atom is 0.293 e. The number of sulfonamides is 1. The summed E-state index contributed by atoms with van der Waals surface area (Å²) < 4.78 is 32.8. The van der Waals surface area contributed by atoms with Gasteiger partial charge < -0.3 is 9.32 Å². The molecule has 0 bridgehead atoms. The molecule has 1 N–H and O–H groups in total. The molecule has 0 spiro atoms. The van der Waals surface area contributed by atoms with Crippen LogP contribution in [0.25, 0.3) is 0 Å². The van der Waals surface area contributed by atoms with Crippen LogP contribution in [-0.2, 0) is 16.4 Å². The van der Waals surface area contributed by atoms with Gasteiger partial charge >= 0.3 is 0 Å². The number of hydrogen-bond donors (Lipinski definition) is 1. The van der Waals surface area contributed by atoms with Crippen LogP contribution in [0.3, 0.4) is 0 Å². The van der Waals surface area contributed by atoms with Crippen molar-refractivity contribution < 1.29 is 22.6 Å². The predicted octanol–water partition coefficient (Wildman–Crippen LogP) is 3.19. The first-order valence-corrected chi connectivity index (χ1v) is 10.1. The largest absolute Gasteiger partial charge is 0.459 e. The topological polar surface area (TPSA) is 123 Å². The number of fused-ring (bicyclic) bond motifs is 1. The van der Waals surface area contributed by atoms with Crippen LogP contribution in [0.1, 0.15) is 16.1 Å². The quantitative estimate of drug-likeness (QED) is 0.506. The molecule has 0 atom stereocenters. The number of rotatable bonds is 5. The summed E-state index contributed by atoms with van der Waals surface area (Å²) in [7, 11) is -4.00. The number of carbonyl (C=O) groups is 1. The molecule has 1 aromatic heterocycles. The number of anilines is 2. The molecular formula is C19H15N3O6S. The summed E-state index contributed by atoms with van der Waals surface area (Å²) in [4.78, 5) is 24.1. The highest BCUT2D eigenvalue weighted by atomic mass is 32.2. The van der Waals surface area contributed by atoms with Crippen molar-refractivity contribution in [2.45, 2.75) is 11.3 Å². The lowest BCUT2D eigenvalue weighted by molar-refractivity contribution is -0.385. The molecule has 0 unspecified atom stereocenters. The Kier molecular flexibility index (Phi) is 4.55. The Labute approximate surface area is 165 Å². The van der Waals surface area contributed by atoms with E-state index >= 15 is 0 Å². The Balaban J connectivity index is 1.58. The Bertz CT molecular complexity index is 1200. The zero-order chi connectivity index (χ0) is 20.6. The highest BCUT2D eigenvalue weighted by molar-refractivity contribution is 7.92. The van der Waals surface area contributed by atoms with Gasteiger partial charge in [0.25, 0.3) is 21.6 Å². The molecule has 2 aromatic carbocycles. The van der Waals surface area contributed by atoms with Gasteiger partial charge in [0.05, 0.1) is 16.1 Å². The maximum absolute atomic E-state index is 12.6. The molecule has 1 aliphatic heterocycles. The Morgan fingerprint density at radius 3 is 2.69 bits per heavy atom. The van der Waals surface area contributed by atoms with E-state index in [0.29, 0.717) is 24.3 Å². The highest BCUT2D eigenvalue weighted by Gasteiger charge is 2.27. The number of nitrogens with zero attached hydrogens (tertiary/aromatic N) is 2. The van der Waals surface area contributed by atoms with Gasteiger partial charge in [-0.3, -0.25) is 19.6 Å². The van der Waals surface area contributed by atoms with Gasteiger partial charge in [-0.05, 0) is 48.4 Å². The van der Waals surface area contributed by atoms with E-state index in [2.05, 4.69) is 4.72 Å². The number of hydrogen-bond acceptors (Lipinski definition) is 6. The van der Waals surface area contributed by atoms with E-state index in [9.17, 15) is 23.3 Å². The van der Waals surface area contributed by atoms with Gasteiger partial charge in [-0.1, -0.05) is 6.07 Å². The first-order valence-electron chi connectivity index (χ1n) is 8.61. The van der Waals surface area contributed by atoms with Crippen molar-refractivity contribution in [3.05, 3.63) is 82.3 Å². The fourth-order valence-corrected chi connectivity index (χ4v) is 4.28. The average Bonchev–Trinajstić information content (AvgIpc) is 3.37. The van der Waals surface area contributed by atoms with Crippen molar-refractivity contribution in [3.8, 4) is 0 Å². The molecule has 0 saturated carbocycles. The van der Waals surface area contributed by atoms with Crippen LogP contribution in [0.2, 0.25) is 0 Å². The number of non-ortho nitro benzene ring substituents is 1. The van der Waals surface area contributed by atoms with Crippen molar-refractivity contribution in [2.75, 3.05) is 16.2 Å². The third kappa shape index (κ3) is 3.57. The molecule has 9 nitrogen and oxygen atoms in total. The standard InChI is InChI=1S/C19H15N3O6S/c23-19(18-5-2-10-28-18)21-9-8-13-11-14(6-7-17(13)21)20-29(26,27)16-4-1-3-15(12-16)22(24)25/h1-7,10-12,20H,8-9H2. The molecule has 0 saturated heterocycles. The van der Waals surface area contributed by atoms with Crippen molar-refractivity contribution in [3.63, 3.8) is 0 Å². The molecule has 29 heavy (non-hydrogen) atoms. The van der Waals surface area contributed by atoms with Gasteiger partial charge in [0, 0.05) is 30.1 Å². The third-order valence-corrected chi connectivity index (χ3v) is 5.92. The molecular weight excluding hydrogens is 398 g/mol. The summed E-state index contributed by atoms with van der Waals surface area (Å²) in [6.07, 6.45) is 1.99. The summed E-state index contributed by atoms with van der Waals surface area (Å²) in [5.74, 6) is -0.0352. The van der Waals surface area contributed by atoms with E-state index in [1.165, 1.54) is 24.5 Å². The van der Waals surface area contributed by atoms with Crippen molar-refractivity contribution >= 4 is 33.0 Å². The van der Waals surface area contributed by atoms with Gasteiger partial charge in [0.15, 0.2) is 5.76 Å². The van der Waals surface area contributed by atoms with E-state index in [1.54, 1.807) is 35.2 Å². The predicted molar refractivity (Wildman–Crippen MR) is 104 cm³/mol. The third-order valence-electron chi connectivity index (χ3n) is 4.54. The number of furan rings is 1. The fourth-order valence-electron chi connectivity index (χ4n) is 3.19. The first-order chi connectivity index (χ1) is 13.8. The van der Waals surface area contributed by atoms with Crippen molar-refractivity contribution in [2.24, 2.45) is 0 Å². The second-order valence-electron chi connectivity index (χ2n) is 6.39.